The van der Waals surface area contributed by atoms with Crippen LogP contribution in [0.1, 0.15) is 41.1 Å². The van der Waals surface area contributed by atoms with Crippen molar-refractivity contribution in [2.75, 3.05) is 11.9 Å². The highest BCUT2D eigenvalue weighted by Gasteiger charge is 2.41. The number of nitrogens with one attached hydrogen (secondary N) is 2. The summed E-state index contributed by atoms with van der Waals surface area (Å²) in [6, 6.07) is 21.9. The van der Waals surface area contributed by atoms with Crippen molar-refractivity contribution < 1.29 is 9.90 Å². The van der Waals surface area contributed by atoms with Gasteiger partial charge in [0.15, 0.2) is 5.11 Å². The molecule has 1 aliphatic rings. The fraction of sp³-hybridized carbons (Fsp3) is 0.207. The summed E-state index contributed by atoms with van der Waals surface area (Å²) in [5.41, 5.74) is 5.12. The summed E-state index contributed by atoms with van der Waals surface area (Å²) in [4.78, 5) is 19.5. The van der Waals surface area contributed by atoms with Gasteiger partial charge in [-0.2, -0.15) is 0 Å². The van der Waals surface area contributed by atoms with Crippen LogP contribution in [0.25, 0.3) is 5.69 Å². The van der Waals surface area contributed by atoms with E-state index in [-0.39, 0.29) is 30.2 Å². The normalized spacial score (nSPS) is 16.9. The molecule has 0 unspecified atom stereocenters. The first-order valence-corrected chi connectivity index (χ1v) is 13.1. The Balaban J connectivity index is 1.50. The molecule has 1 saturated heterocycles. The number of aromatic nitrogens is 2. The van der Waals surface area contributed by atoms with Crippen LogP contribution >= 0.6 is 23.8 Å². The quantitative estimate of drug-likeness (QED) is 0.253. The molecule has 1 amide bonds. The molecule has 0 bridgehead atoms. The van der Waals surface area contributed by atoms with Gasteiger partial charge in [-0.25, -0.2) is 0 Å². The standard InChI is InChI=1S/C29H28ClN5O2S/c1-18-16-22(19(2)35(18)24-17-20(30)11-12-25(24)36)28-27(23-10-6-7-14-31-23)33-29(38)34(28)15-13-26(37)32-21-8-4-3-5-9-21/h3-12,14,16-17,27-28,36H,13,15H2,1-2H3,(H,32,37)(H,33,38)/t27-,28+/m1/s1. The third kappa shape index (κ3) is 5.10. The van der Waals surface area contributed by atoms with Crippen molar-refractivity contribution >= 4 is 40.5 Å². The number of halogens is 1. The number of phenols is 1. The van der Waals surface area contributed by atoms with Gasteiger partial charge >= 0.3 is 0 Å². The zero-order valence-corrected chi connectivity index (χ0v) is 22.6. The maximum absolute atomic E-state index is 12.8. The predicted molar refractivity (Wildman–Crippen MR) is 154 cm³/mol. The Morgan fingerprint density at radius 1 is 1.11 bits per heavy atom. The third-order valence-electron chi connectivity index (χ3n) is 6.80. The number of anilines is 1. The number of para-hydroxylation sites is 1. The third-order valence-corrected chi connectivity index (χ3v) is 7.39. The number of hydrogen-bond acceptors (Lipinski definition) is 4. The molecule has 1 aliphatic heterocycles. The molecule has 4 aromatic rings. The van der Waals surface area contributed by atoms with Gasteiger partial charge < -0.3 is 25.2 Å². The second kappa shape index (κ2) is 10.8. The minimum atomic E-state index is -0.220. The van der Waals surface area contributed by atoms with Crippen molar-refractivity contribution in [3.05, 3.63) is 107 Å². The second-order valence-corrected chi connectivity index (χ2v) is 10.1. The average Bonchev–Trinajstić information content (AvgIpc) is 3.39. The van der Waals surface area contributed by atoms with Crippen molar-refractivity contribution in [3.63, 3.8) is 0 Å². The summed E-state index contributed by atoms with van der Waals surface area (Å²) in [6.45, 7) is 4.43. The highest BCUT2D eigenvalue weighted by Crippen LogP contribution is 2.42. The average molecular weight is 546 g/mol. The lowest BCUT2D eigenvalue weighted by molar-refractivity contribution is -0.116. The van der Waals surface area contributed by atoms with Gasteiger partial charge in [-0.05, 0) is 80.2 Å². The van der Waals surface area contributed by atoms with Gasteiger partial charge in [0.05, 0.1) is 23.5 Å². The van der Waals surface area contributed by atoms with Gasteiger partial charge in [0.25, 0.3) is 0 Å². The van der Waals surface area contributed by atoms with Crippen molar-refractivity contribution in [2.45, 2.75) is 32.4 Å². The van der Waals surface area contributed by atoms with Gasteiger partial charge in [-0.3, -0.25) is 9.78 Å². The van der Waals surface area contributed by atoms with Crippen LogP contribution in [0.4, 0.5) is 5.69 Å². The number of hydrogen-bond donors (Lipinski definition) is 3. The molecular formula is C29H28ClN5O2S. The smallest absolute Gasteiger partial charge is 0.226 e. The maximum atomic E-state index is 12.8. The molecule has 3 N–H and O–H groups in total. The molecule has 2 aromatic carbocycles. The Bertz CT molecular complexity index is 1480. The molecule has 1 fully saturated rings. The van der Waals surface area contributed by atoms with E-state index in [0.29, 0.717) is 22.4 Å². The van der Waals surface area contributed by atoms with Crippen molar-refractivity contribution in [1.82, 2.24) is 19.8 Å². The van der Waals surface area contributed by atoms with Crippen LogP contribution in [0, 0.1) is 13.8 Å². The van der Waals surface area contributed by atoms with E-state index in [1.54, 1.807) is 24.4 Å². The van der Waals surface area contributed by atoms with Crippen LogP contribution < -0.4 is 10.6 Å². The summed E-state index contributed by atoms with van der Waals surface area (Å²) >= 11 is 12.1. The Kier molecular flexibility index (Phi) is 7.35. The van der Waals surface area contributed by atoms with Crippen LogP contribution in [0.5, 0.6) is 5.75 Å². The van der Waals surface area contributed by atoms with Crippen LogP contribution in [-0.2, 0) is 4.79 Å². The van der Waals surface area contributed by atoms with E-state index < -0.39 is 0 Å². The fourth-order valence-corrected chi connectivity index (χ4v) is 5.58. The second-order valence-electron chi connectivity index (χ2n) is 9.28. The summed E-state index contributed by atoms with van der Waals surface area (Å²) in [5.74, 6) is 0.0480. The summed E-state index contributed by atoms with van der Waals surface area (Å²) < 4.78 is 1.99. The number of aryl methyl sites for hydroxylation is 1. The summed E-state index contributed by atoms with van der Waals surface area (Å²) in [7, 11) is 0. The lowest BCUT2D eigenvalue weighted by Gasteiger charge is -2.28. The molecule has 5 rings (SSSR count). The van der Waals surface area contributed by atoms with Crippen LogP contribution in [-0.4, -0.2) is 37.1 Å². The van der Waals surface area contributed by atoms with Gasteiger partial charge in [0, 0.05) is 41.3 Å². The number of thiocarbonyl (C=S) groups is 1. The van der Waals surface area contributed by atoms with Gasteiger partial charge in [-0.15, -0.1) is 0 Å². The number of phenolic OH excluding ortho intramolecular Hbond substituents is 1. The Labute approximate surface area is 232 Å². The minimum Gasteiger partial charge on any atom is -0.506 e. The molecule has 2 aromatic heterocycles. The van der Waals surface area contributed by atoms with Crippen molar-refractivity contribution in [1.29, 1.82) is 0 Å². The first kappa shape index (κ1) is 25.8. The number of nitrogens with zero attached hydrogens (tertiary/aromatic N) is 3. The Morgan fingerprint density at radius 3 is 2.61 bits per heavy atom. The largest absolute Gasteiger partial charge is 0.506 e. The number of rotatable bonds is 7. The molecule has 0 aliphatic carbocycles. The number of aromatic hydroxyl groups is 1. The summed E-state index contributed by atoms with van der Waals surface area (Å²) in [5, 5.41) is 18.1. The van der Waals surface area contributed by atoms with E-state index in [2.05, 4.69) is 26.6 Å². The van der Waals surface area contributed by atoms with Crippen LogP contribution in [0.2, 0.25) is 5.02 Å². The number of carbonyl (C=O) groups is 1. The van der Waals surface area contributed by atoms with E-state index in [0.717, 1.165) is 28.3 Å². The number of carbonyl (C=O) groups excluding carboxylic acids is 1. The topological polar surface area (TPSA) is 82.4 Å². The molecule has 0 saturated carbocycles. The predicted octanol–water partition coefficient (Wildman–Crippen LogP) is 5.85. The molecule has 38 heavy (non-hydrogen) atoms. The van der Waals surface area contributed by atoms with E-state index in [1.165, 1.54) is 0 Å². The maximum Gasteiger partial charge on any atom is 0.226 e. The monoisotopic (exact) mass is 545 g/mol. The molecule has 9 heteroatoms. The lowest BCUT2D eigenvalue weighted by Crippen LogP contribution is -2.32. The zero-order chi connectivity index (χ0) is 26.8. The molecule has 194 valence electrons. The molecule has 0 spiro atoms. The number of pyridine rings is 1. The van der Waals surface area contributed by atoms with E-state index in [9.17, 15) is 9.90 Å². The molecular weight excluding hydrogens is 518 g/mol. The zero-order valence-electron chi connectivity index (χ0n) is 21.1. The highest BCUT2D eigenvalue weighted by atomic mass is 35.5. The van der Waals surface area contributed by atoms with E-state index in [4.69, 9.17) is 23.8 Å². The van der Waals surface area contributed by atoms with E-state index in [1.807, 2.05) is 66.9 Å². The first-order chi connectivity index (χ1) is 18.3. The first-order valence-electron chi connectivity index (χ1n) is 12.3. The molecule has 2 atom stereocenters. The Hall–Kier alpha value is -3.88. The molecule has 7 nitrogen and oxygen atoms in total. The molecule has 0 radical (unpaired) electrons. The van der Waals surface area contributed by atoms with Crippen molar-refractivity contribution in [2.24, 2.45) is 0 Å². The summed E-state index contributed by atoms with van der Waals surface area (Å²) in [6.07, 6.45) is 2.02. The number of benzene rings is 2. The van der Waals surface area contributed by atoms with Gasteiger partial charge in [0.1, 0.15) is 5.75 Å². The van der Waals surface area contributed by atoms with Gasteiger partial charge in [0.2, 0.25) is 5.91 Å². The van der Waals surface area contributed by atoms with E-state index >= 15 is 0 Å². The lowest BCUT2D eigenvalue weighted by atomic mass is 9.96. The molecule has 3 heterocycles. The minimum absolute atomic E-state index is 0.0895. The highest BCUT2D eigenvalue weighted by molar-refractivity contribution is 7.80. The SMILES string of the molecule is Cc1cc([C@H]2[C@@H](c3ccccn3)NC(=S)N2CCC(=O)Nc2ccccc2)c(C)n1-c1cc(Cl)ccc1O. The van der Waals surface area contributed by atoms with Crippen molar-refractivity contribution in [3.8, 4) is 11.4 Å². The fourth-order valence-electron chi connectivity index (χ4n) is 5.09. The number of amides is 1. The van der Waals surface area contributed by atoms with Gasteiger partial charge in [-0.1, -0.05) is 35.9 Å². The van der Waals surface area contributed by atoms with Crippen LogP contribution in [0.15, 0.2) is 79.0 Å². The Morgan fingerprint density at radius 2 is 1.87 bits per heavy atom. The van der Waals surface area contributed by atoms with Crippen LogP contribution in [0.3, 0.4) is 0 Å².